The van der Waals surface area contributed by atoms with Crippen LogP contribution in [0.15, 0.2) is 46.7 Å². The molecule has 3 rings (SSSR count). The zero-order valence-corrected chi connectivity index (χ0v) is 15.9. The first kappa shape index (κ1) is 19.0. The molecule has 0 aliphatic carbocycles. The Bertz CT molecular complexity index is 827. The van der Waals surface area contributed by atoms with Gasteiger partial charge in [0.25, 0.3) is 5.91 Å². The Balaban J connectivity index is 1.55. The van der Waals surface area contributed by atoms with Crippen molar-refractivity contribution in [1.82, 2.24) is 9.62 Å². The topological polar surface area (TPSA) is 86.7 Å². The van der Waals surface area contributed by atoms with Crippen molar-refractivity contribution in [2.24, 2.45) is 0 Å². The fourth-order valence-electron chi connectivity index (χ4n) is 2.90. The number of hydrogen-bond acceptors (Lipinski definition) is 5. The molecule has 0 bridgehead atoms. The highest BCUT2D eigenvalue weighted by Gasteiger charge is 2.27. The van der Waals surface area contributed by atoms with Gasteiger partial charge >= 0.3 is 0 Å². The fourth-order valence-corrected chi connectivity index (χ4v) is 5.17. The number of nitrogens with one attached hydrogen (secondary N) is 1. The number of benzene rings is 1. The van der Waals surface area contributed by atoms with Crippen molar-refractivity contribution in [1.29, 1.82) is 0 Å². The number of hydrogen-bond donors (Lipinski definition) is 2. The molecule has 26 heavy (non-hydrogen) atoms. The van der Waals surface area contributed by atoms with Crippen LogP contribution in [0.4, 0.5) is 0 Å². The predicted octanol–water partition coefficient (Wildman–Crippen LogP) is 2.39. The van der Waals surface area contributed by atoms with E-state index in [2.05, 4.69) is 5.32 Å². The average molecular weight is 395 g/mol. The van der Waals surface area contributed by atoms with Crippen LogP contribution < -0.4 is 5.32 Å². The van der Waals surface area contributed by atoms with Gasteiger partial charge in [-0.25, -0.2) is 8.42 Å². The van der Waals surface area contributed by atoms with E-state index in [4.69, 9.17) is 0 Å². The third-order valence-electron chi connectivity index (χ3n) is 4.39. The van der Waals surface area contributed by atoms with Gasteiger partial charge in [-0.05, 0) is 55.0 Å². The van der Waals surface area contributed by atoms with Crippen LogP contribution in [0.2, 0.25) is 0 Å². The van der Waals surface area contributed by atoms with Gasteiger partial charge in [0.15, 0.2) is 0 Å². The van der Waals surface area contributed by atoms with Gasteiger partial charge in [0, 0.05) is 30.1 Å². The van der Waals surface area contributed by atoms with E-state index in [1.165, 1.54) is 39.9 Å². The van der Waals surface area contributed by atoms with Crippen LogP contribution in [0.5, 0.6) is 0 Å². The summed E-state index contributed by atoms with van der Waals surface area (Å²) in [6, 6.07) is 9.73. The fraction of sp³-hybridized carbons (Fsp3) is 0.389. The molecule has 140 valence electrons. The average Bonchev–Trinajstić information content (AvgIpc) is 3.35. The van der Waals surface area contributed by atoms with Gasteiger partial charge < -0.3 is 10.4 Å². The lowest BCUT2D eigenvalue weighted by molar-refractivity contribution is 0.0943. The number of thiophene rings is 1. The minimum Gasteiger partial charge on any atom is -0.388 e. The van der Waals surface area contributed by atoms with Crippen molar-refractivity contribution >= 4 is 27.3 Å². The number of carbonyl (C=O) groups excluding carboxylic acids is 1. The van der Waals surface area contributed by atoms with Gasteiger partial charge in [0.2, 0.25) is 10.0 Å². The number of carbonyl (C=O) groups is 1. The van der Waals surface area contributed by atoms with E-state index < -0.39 is 16.1 Å². The van der Waals surface area contributed by atoms with Crippen LogP contribution in [0.1, 0.15) is 40.6 Å². The van der Waals surface area contributed by atoms with Crippen LogP contribution in [0, 0.1) is 0 Å². The van der Waals surface area contributed by atoms with Crippen molar-refractivity contribution in [2.45, 2.75) is 30.3 Å². The summed E-state index contributed by atoms with van der Waals surface area (Å²) < 4.78 is 26.4. The number of aliphatic hydroxyl groups is 1. The summed E-state index contributed by atoms with van der Waals surface area (Å²) in [5, 5.41) is 14.7. The zero-order chi connectivity index (χ0) is 18.6. The summed E-state index contributed by atoms with van der Waals surface area (Å²) in [6.07, 6.45) is 1.60. The lowest BCUT2D eigenvalue weighted by Gasteiger charge is -2.15. The molecule has 1 aliphatic heterocycles. The summed E-state index contributed by atoms with van der Waals surface area (Å²) in [6.45, 7) is 1.44. The van der Waals surface area contributed by atoms with E-state index in [0.29, 0.717) is 31.6 Å². The van der Waals surface area contributed by atoms with E-state index in [1.54, 1.807) is 0 Å². The first-order valence-electron chi connectivity index (χ1n) is 8.58. The Hall–Kier alpha value is -1.74. The largest absolute Gasteiger partial charge is 0.388 e. The molecular formula is C18H22N2O4S2. The van der Waals surface area contributed by atoms with Crippen molar-refractivity contribution in [2.75, 3.05) is 19.6 Å². The second kappa shape index (κ2) is 8.30. The van der Waals surface area contributed by atoms with E-state index in [-0.39, 0.29) is 10.8 Å². The molecule has 1 aromatic heterocycles. The van der Waals surface area contributed by atoms with E-state index in [0.717, 1.165) is 17.7 Å². The molecule has 1 atom stereocenters. The van der Waals surface area contributed by atoms with Crippen molar-refractivity contribution in [3.63, 3.8) is 0 Å². The number of nitrogens with zero attached hydrogens (tertiary/aromatic N) is 1. The Labute approximate surface area is 157 Å². The number of amides is 1. The van der Waals surface area contributed by atoms with E-state index in [1.807, 2.05) is 17.5 Å². The molecule has 0 radical (unpaired) electrons. The molecule has 1 aromatic carbocycles. The minimum absolute atomic E-state index is 0.212. The number of aliphatic hydroxyl groups excluding tert-OH is 1. The Morgan fingerprint density at radius 1 is 1.19 bits per heavy atom. The van der Waals surface area contributed by atoms with Crippen LogP contribution in [-0.4, -0.2) is 43.4 Å². The van der Waals surface area contributed by atoms with Crippen molar-refractivity contribution < 1.29 is 18.3 Å². The van der Waals surface area contributed by atoms with Crippen molar-refractivity contribution in [3.05, 3.63) is 52.2 Å². The molecule has 1 fully saturated rings. The molecule has 2 N–H and O–H groups in total. The second-order valence-electron chi connectivity index (χ2n) is 6.21. The molecule has 8 heteroatoms. The number of sulfonamides is 1. The predicted molar refractivity (Wildman–Crippen MR) is 101 cm³/mol. The number of rotatable bonds is 7. The Morgan fingerprint density at radius 3 is 2.50 bits per heavy atom. The van der Waals surface area contributed by atoms with Crippen LogP contribution in [0.3, 0.4) is 0 Å². The second-order valence-corrected chi connectivity index (χ2v) is 9.13. The lowest BCUT2D eigenvalue weighted by Crippen LogP contribution is -2.28. The van der Waals surface area contributed by atoms with Gasteiger partial charge in [-0.2, -0.15) is 4.31 Å². The van der Waals surface area contributed by atoms with Crippen molar-refractivity contribution in [3.8, 4) is 0 Å². The molecule has 0 spiro atoms. The molecule has 1 saturated heterocycles. The van der Waals surface area contributed by atoms with E-state index >= 15 is 0 Å². The molecule has 1 amide bonds. The molecule has 0 unspecified atom stereocenters. The molecule has 2 heterocycles. The maximum atomic E-state index is 12.5. The lowest BCUT2D eigenvalue weighted by atomic mass is 10.2. The first-order valence-corrected chi connectivity index (χ1v) is 10.9. The molecule has 1 aliphatic rings. The molecule has 0 saturated carbocycles. The Morgan fingerprint density at radius 2 is 1.88 bits per heavy atom. The summed E-state index contributed by atoms with van der Waals surface area (Å²) in [4.78, 5) is 13.3. The SMILES string of the molecule is O=C(NCC[C@@H](O)c1cccs1)c1ccc(S(=O)(=O)N2CCCC2)cc1. The standard InChI is InChI=1S/C18H22N2O4S2/c21-16(17-4-3-13-25-17)9-10-19-18(22)14-5-7-15(8-6-14)26(23,24)20-11-1-2-12-20/h3-8,13,16,21H,1-2,9-12H2,(H,19,22)/t16-/m1/s1. The first-order chi connectivity index (χ1) is 12.5. The smallest absolute Gasteiger partial charge is 0.251 e. The highest BCUT2D eigenvalue weighted by atomic mass is 32.2. The highest BCUT2D eigenvalue weighted by Crippen LogP contribution is 2.22. The van der Waals surface area contributed by atoms with Gasteiger partial charge in [-0.15, -0.1) is 11.3 Å². The summed E-state index contributed by atoms with van der Waals surface area (Å²) in [5.74, 6) is -0.284. The molecule has 6 nitrogen and oxygen atoms in total. The van der Waals surface area contributed by atoms with Crippen LogP contribution in [-0.2, 0) is 10.0 Å². The summed E-state index contributed by atoms with van der Waals surface area (Å²) in [7, 11) is -3.46. The molecular weight excluding hydrogens is 372 g/mol. The summed E-state index contributed by atoms with van der Waals surface area (Å²) >= 11 is 1.48. The third-order valence-corrected chi connectivity index (χ3v) is 7.28. The molecule has 2 aromatic rings. The third kappa shape index (κ3) is 4.32. The zero-order valence-electron chi connectivity index (χ0n) is 14.3. The van der Waals surface area contributed by atoms with Crippen LogP contribution in [0.25, 0.3) is 0 Å². The van der Waals surface area contributed by atoms with Gasteiger partial charge in [0.05, 0.1) is 11.0 Å². The normalized spacial score (nSPS) is 16.5. The van der Waals surface area contributed by atoms with Gasteiger partial charge in [-0.1, -0.05) is 6.07 Å². The van der Waals surface area contributed by atoms with Crippen LogP contribution >= 0.6 is 11.3 Å². The summed E-state index contributed by atoms with van der Waals surface area (Å²) in [5.41, 5.74) is 0.399. The van der Waals surface area contributed by atoms with Gasteiger partial charge in [0.1, 0.15) is 0 Å². The van der Waals surface area contributed by atoms with Gasteiger partial charge in [-0.3, -0.25) is 4.79 Å². The maximum Gasteiger partial charge on any atom is 0.251 e. The van der Waals surface area contributed by atoms with E-state index in [9.17, 15) is 18.3 Å². The Kier molecular flexibility index (Phi) is 6.08. The monoisotopic (exact) mass is 394 g/mol. The quantitative estimate of drug-likeness (QED) is 0.755. The highest BCUT2D eigenvalue weighted by molar-refractivity contribution is 7.89. The maximum absolute atomic E-state index is 12.5. The minimum atomic E-state index is -3.46.